The van der Waals surface area contributed by atoms with E-state index in [4.69, 9.17) is 0 Å². The first kappa shape index (κ1) is 14.1. The molecule has 0 amide bonds. The van der Waals surface area contributed by atoms with Crippen LogP contribution < -0.4 is 9.80 Å². The van der Waals surface area contributed by atoms with Crippen LogP contribution in [-0.4, -0.2) is 36.4 Å². The summed E-state index contributed by atoms with van der Waals surface area (Å²) in [5.74, 6) is 0. The number of nitrogens with zero attached hydrogens (tertiary/aromatic N) is 4. The van der Waals surface area contributed by atoms with E-state index < -0.39 is 11.2 Å². The molecule has 1 aliphatic rings. The molecule has 8 heteroatoms. The predicted octanol–water partition coefficient (Wildman–Crippen LogP) is 2.88. The average Bonchev–Trinajstić information content (AvgIpc) is 2.98. The second-order valence-electron chi connectivity index (χ2n) is 4.70. The van der Waals surface area contributed by atoms with E-state index in [2.05, 4.69) is 15.1 Å². The summed E-state index contributed by atoms with van der Waals surface area (Å²) in [4.78, 5) is 4.06. The molecule has 0 radical (unpaired) electrons. The summed E-state index contributed by atoms with van der Waals surface area (Å²) in [5.41, 5.74) is 1.13. The van der Waals surface area contributed by atoms with Crippen molar-refractivity contribution < 1.29 is 13.2 Å². The molecule has 1 aromatic heterocycles. The fourth-order valence-corrected chi connectivity index (χ4v) is 3.02. The molecule has 0 spiro atoms. The Kier molecular flexibility index (Phi) is 3.71. The van der Waals surface area contributed by atoms with Gasteiger partial charge >= 0.3 is 6.18 Å². The number of anilines is 2. The van der Waals surface area contributed by atoms with E-state index in [9.17, 15) is 13.2 Å². The fourth-order valence-electron chi connectivity index (χ4n) is 2.25. The summed E-state index contributed by atoms with van der Waals surface area (Å²) in [6.07, 6.45) is -4.41. The van der Waals surface area contributed by atoms with Crippen molar-refractivity contribution in [2.75, 3.05) is 36.0 Å². The number of alkyl halides is 3. The van der Waals surface area contributed by atoms with Gasteiger partial charge in [0.05, 0.1) is 0 Å². The monoisotopic (exact) mass is 314 g/mol. The smallest absolute Gasteiger partial charge is 0.368 e. The molecule has 112 valence electrons. The minimum Gasteiger partial charge on any atom is -0.368 e. The number of benzene rings is 1. The van der Waals surface area contributed by atoms with Crippen molar-refractivity contribution in [3.05, 3.63) is 35.3 Å². The van der Waals surface area contributed by atoms with Crippen molar-refractivity contribution in [1.82, 2.24) is 10.2 Å². The van der Waals surface area contributed by atoms with Crippen LogP contribution in [-0.2, 0) is 6.18 Å². The fraction of sp³-hybridized carbons (Fsp3) is 0.385. The SMILES string of the molecule is FC(F)(F)c1nnc(N2CCN(c3ccccc3)CC2)s1. The first-order chi connectivity index (χ1) is 10.0. The summed E-state index contributed by atoms with van der Waals surface area (Å²) in [6, 6.07) is 9.97. The molecular weight excluding hydrogens is 301 g/mol. The maximum atomic E-state index is 12.5. The van der Waals surface area contributed by atoms with Gasteiger partial charge in [-0.1, -0.05) is 29.5 Å². The minimum absolute atomic E-state index is 0.343. The van der Waals surface area contributed by atoms with E-state index in [1.165, 1.54) is 0 Å². The Hall–Kier alpha value is -1.83. The Morgan fingerprint density at radius 1 is 0.905 bits per heavy atom. The van der Waals surface area contributed by atoms with E-state index >= 15 is 0 Å². The molecule has 1 saturated heterocycles. The number of rotatable bonds is 2. The van der Waals surface area contributed by atoms with Crippen LogP contribution in [0.3, 0.4) is 0 Å². The van der Waals surface area contributed by atoms with E-state index in [1.807, 2.05) is 35.2 Å². The molecule has 0 bridgehead atoms. The summed E-state index contributed by atoms with van der Waals surface area (Å²) in [7, 11) is 0. The van der Waals surface area contributed by atoms with E-state index in [0.717, 1.165) is 18.8 Å². The molecule has 1 aromatic carbocycles. The van der Waals surface area contributed by atoms with E-state index in [1.54, 1.807) is 0 Å². The van der Waals surface area contributed by atoms with E-state index in [0.29, 0.717) is 29.6 Å². The largest absolute Gasteiger partial charge is 0.445 e. The maximum absolute atomic E-state index is 12.5. The zero-order chi connectivity index (χ0) is 14.9. The molecule has 1 fully saturated rings. The molecule has 4 nitrogen and oxygen atoms in total. The molecule has 2 heterocycles. The van der Waals surface area contributed by atoms with Gasteiger partial charge in [-0.05, 0) is 12.1 Å². The molecule has 0 saturated carbocycles. The van der Waals surface area contributed by atoms with Crippen molar-refractivity contribution in [2.24, 2.45) is 0 Å². The molecule has 0 aliphatic carbocycles. The number of halogens is 3. The summed E-state index contributed by atoms with van der Waals surface area (Å²) in [6.45, 7) is 2.79. The topological polar surface area (TPSA) is 32.3 Å². The highest BCUT2D eigenvalue weighted by Gasteiger charge is 2.36. The van der Waals surface area contributed by atoms with Gasteiger partial charge in [-0.15, -0.1) is 10.2 Å². The van der Waals surface area contributed by atoms with Gasteiger partial charge in [0.2, 0.25) is 10.1 Å². The van der Waals surface area contributed by atoms with Crippen molar-refractivity contribution in [2.45, 2.75) is 6.18 Å². The van der Waals surface area contributed by atoms with Crippen LogP contribution in [0, 0.1) is 0 Å². The Morgan fingerprint density at radius 2 is 1.52 bits per heavy atom. The van der Waals surface area contributed by atoms with Crippen LogP contribution >= 0.6 is 11.3 Å². The molecule has 1 aliphatic heterocycles. The summed E-state index contributed by atoms with van der Waals surface area (Å²) in [5, 5.41) is 6.34. The first-order valence-electron chi connectivity index (χ1n) is 6.50. The second-order valence-corrected chi connectivity index (χ2v) is 5.65. The van der Waals surface area contributed by atoms with Crippen LogP contribution in [0.25, 0.3) is 0 Å². The highest BCUT2D eigenvalue weighted by atomic mass is 32.1. The lowest BCUT2D eigenvalue weighted by molar-refractivity contribution is -0.138. The Labute approximate surface area is 123 Å². The van der Waals surface area contributed by atoms with Crippen molar-refractivity contribution >= 4 is 22.2 Å². The van der Waals surface area contributed by atoms with Crippen LogP contribution in [0.1, 0.15) is 5.01 Å². The second kappa shape index (κ2) is 5.51. The van der Waals surface area contributed by atoms with Gasteiger partial charge in [-0.3, -0.25) is 0 Å². The number of hydrogen-bond donors (Lipinski definition) is 0. The quantitative estimate of drug-likeness (QED) is 0.853. The molecule has 0 atom stereocenters. The van der Waals surface area contributed by atoms with Crippen molar-refractivity contribution in [1.29, 1.82) is 0 Å². The lowest BCUT2D eigenvalue weighted by Gasteiger charge is -2.35. The Morgan fingerprint density at radius 3 is 2.10 bits per heavy atom. The molecule has 0 N–H and O–H groups in total. The number of para-hydroxylation sites is 1. The third-order valence-electron chi connectivity index (χ3n) is 3.33. The lowest BCUT2D eigenvalue weighted by atomic mass is 10.2. The van der Waals surface area contributed by atoms with Gasteiger partial charge in [-0.2, -0.15) is 13.2 Å². The molecule has 21 heavy (non-hydrogen) atoms. The zero-order valence-electron chi connectivity index (χ0n) is 11.0. The Bertz CT molecular complexity index is 591. The van der Waals surface area contributed by atoms with Gasteiger partial charge in [0.25, 0.3) is 0 Å². The molecule has 0 unspecified atom stereocenters. The number of hydrogen-bond acceptors (Lipinski definition) is 5. The van der Waals surface area contributed by atoms with Gasteiger partial charge in [0, 0.05) is 31.9 Å². The average molecular weight is 314 g/mol. The normalized spacial score (nSPS) is 16.3. The first-order valence-corrected chi connectivity index (χ1v) is 7.31. The third-order valence-corrected chi connectivity index (χ3v) is 4.36. The lowest BCUT2D eigenvalue weighted by Crippen LogP contribution is -2.46. The van der Waals surface area contributed by atoms with Crippen LogP contribution in [0.4, 0.5) is 24.0 Å². The summed E-state index contributed by atoms with van der Waals surface area (Å²) >= 11 is 0.604. The van der Waals surface area contributed by atoms with Gasteiger partial charge < -0.3 is 9.80 Å². The molecule has 3 rings (SSSR count). The Balaban J connectivity index is 1.65. The number of piperazine rings is 1. The van der Waals surface area contributed by atoms with Crippen LogP contribution in [0.2, 0.25) is 0 Å². The maximum Gasteiger partial charge on any atom is 0.445 e. The standard InChI is InChI=1S/C13H13F3N4S/c14-13(15,16)11-17-18-12(21-11)20-8-6-19(7-9-20)10-4-2-1-3-5-10/h1-5H,6-9H2. The predicted molar refractivity (Wildman–Crippen MR) is 75.8 cm³/mol. The van der Waals surface area contributed by atoms with Crippen molar-refractivity contribution in [3.8, 4) is 0 Å². The molecule has 2 aromatic rings. The van der Waals surface area contributed by atoms with Gasteiger partial charge in [0.1, 0.15) is 0 Å². The van der Waals surface area contributed by atoms with Crippen LogP contribution in [0.15, 0.2) is 30.3 Å². The summed E-state index contributed by atoms with van der Waals surface area (Å²) < 4.78 is 37.6. The van der Waals surface area contributed by atoms with Gasteiger partial charge in [-0.25, -0.2) is 0 Å². The van der Waals surface area contributed by atoms with Crippen LogP contribution in [0.5, 0.6) is 0 Å². The van der Waals surface area contributed by atoms with E-state index in [-0.39, 0.29) is 0 Å². The number of aromatic nitrogens is 2. The van der Waals surface area contributed by atoms with Crippen molar-refractivity contribution in [3.63, 3.8) is 0 Å². The highest BCUT2D eigenvalue weighted by molar-refractivity contribution is 7.15. The highest BCUT2D eigenvalue weighted by Crippen LogP contribution is 2.34. The minimum atomic E-state index is -4.41. The molecular formula is C13H13F3N4S. The third kappa shape index (κ3) is 3.10. The van der Waals surface area contributed by atoms with Gasteiger partial charge in [0.15, 0.2) is 0 Å². The zero-order valence-corrected chi connectivity index (χ0v) is 11.9.